The molecule has 4 aromatic rings. The average Bonchev–Trinajstić information content (AvgIpc) is 3.33. The first-order valence-electron chi connectivity index (χ1n) is 11.2. The van der Waals surface area contributed by atoms with Gasteiger partial charge in [-0.15, -0.1) is 0 Å². The summed E-state index contributed by atoms with van der Waals surface area (Å²) in [6.45, 7) is 3.07. The van der Waals surface area contributed by atoms with Gasteiger partial charge in [0.25, 0.3) is 5.91 Å². The van der Waals surface area contributed by atoms with E-state index in [0.717, 1.165) is 33.9 Å². The van der Waals surface area contributed by atoms with E-state index in [4.69, 9.17) is 9.47 Å². The molecule has 1 aliphatic heterocycles. The van der Waals surface area contributed by atoms with Gasteiger partial charge in [-0.3, -0.25) is 4.79 Å². The SMILES string of the molecule is COc1ccc(Nc2cc(C)nc(Nc3ccc(NC(=O)c4ccc5c(c4)COC5)cc3)n2)cc1. The van der Waals surface area contributed by atoms with E-state index in [1.807, 2.05) is 79.7 Å². The van der Waals surface area contributed by atoms with Crippen LogP contribution in [0.2, 0.25) is 0 Å². The Morgan fingerprint density at radius 3 is 2.29 bits per heavy atom. The number of fused-ring (bicyclic) bond motifs is 1. The summed E-state index contributed by atoms with van der Waals surface area (Å²) < 4.78 is 10.6. The van der Waals surface area contributed by atoms with Crippen LogP contribution in [0.5, 0.6) is 5.75 Å². The van der Waals surface area contributed by atoms with Gasteiger partial charge in [0.15, 0.2) is 0 Å². The van der Waals surface area contributed by atoms with Crippen molar-refractivity contribution in [1.82, 2.24) is 9.97 Å². The molecule has 0 saturated carbocycles. The minimum atomic E-state index is -0.156. The first kappa shape index (κ1) is 22.4. The Hall–Kier alpha value is -4.43. The van der Waals surface area contributed by atoms with Crippen molar-refractivity contribution < 1.29 is 14.3 Å². The molecule has 0 spiro atoms. The van der Waals surface area contributed by atoms with E-state index in [1.54, 1.807) is 7.11 Å². The van der Waals surface area contributed by atoms with E-state index in [0.29, 0.717) is 36.2 Å². The number of benzene rings is 3. The summed E-state index contributed by atoms with van der Waals surface area (Å²) in [5.74, 6) is 1.78. The fourth-order valence-electron chi connectivity index (χ4n) is 3.79. The minimum absolute atomic E-state index is 0.156. The van der Waals surface area contributed by atoms with Crippen LogP contribution in [0.4, 0.5) is 28.8 Å². The molecule has 176 valence electrons. The van der Waals surface area contributed by atoms with Gasteiger partial charge in [-0.05, 0) is 78.7 Å². The number of carbonyl (C=O) groups excluding carboxylic acids is 1. The average molecular weight is 468 g/mol. The molecule has 8 heteroatoms. The Bertz CT molecular complexity index is 1350. The van der Waals surface area contributed by atoms with Crippen molar-refractivity contribution in [2.75, 3.05) is 23.1 Å². The second-order valence-electron chi connectivity index (χ2n) is 8.20. The van der Waals surface area contributed by atoms with Gasteiger partial charge in [0, 0.05) is 34.4 Å². The molecule has 0 atom stereocenters. The molecule has 0 radical (unpaired) electrons. The van der Waals surface area contributed by atoms with E-state index >= 15 is 0 Å². The number of hydrogen-bond donors (Lipinski definition) is 3. The fourth-order valence-corrected chi connectivity index (χ4v) is 3.79. The largest absolute Gasteiger partial charge is 0.497 e. The molecule has 0 bridgehead atoms. The maximum Gasteiger partial charge on any atom is 0.255 e. The zero-order valence-corrected chi connectivity index (χ0v) is 19.5. The molecule has 0 unspecified atom stereocenters. The number of methoxy groups -OCH3 is 1. The lowest BCUT2D eigenvalue weighted by Gasteiger charge is -2.11. The molecule has 1 aromatic heterocycles. The quantitative estimate of drug-likeness (QED) is 0.327. The van der Waals surface area contributed by atoms with Crippen LogP contribution in [-0.4, -0.2) is 23.0 Å². The Labute approximate surface area is 203 Å². The molecule has 3 aromatic carbocycles. The number of ether oxygens (including phenoxy) is 2. The third kappa shape index (κ3) is 5.39. The van der Waals surface area contributed by atoms with E-state index in [1.165, 1.54) is 0 Å². The monoisotopic (exact) mass is 467 g/mol. The Morgan fingerprint density at radius 2 is 1.51 bits per heavy atom. The van der Waals surface area contributed by atoms with Gasteiger partial charge in [-0.1, -0.05) is 6.07 Å². The third-order valence-corrected chi connectivity index (χ3v) is 5.60. The van der Waals surface area contributed by atoms with Gasteiger partial charge in [0.1, 0.15) is 11.6 Å². The molecule has 3 N–H and O–H groups in total. The summed E-state index contributed by atoms with van der Waals surface area (Å²) >= 11 is 0. The van der Waals surface area contributed by atoms with Crippen molar-refractivity contribution in [3.63, 3.8) is 0 Å². The molecule has 0 fully saturated rings. The van der Waals surface area contributed by atoms with Crippen molar-refractivity contribution in [2.24, 2.45) is 0 Å². The Balaban J connectivity index is 1.24. The summed E-state index contributed by atoms with van der Waals surface area (Å²) in [6, 6.07) is 22.6. The molecule has 0 aliphatic carbocycles. The topological polar surface area (TPSA) is 97.4 Å². The summed E-state index contributed by atoms with van der Waals surface area (Å²) in [6.07, 6.45) is 0. The summed E-state index contributed by atoms with van der Waals surface area (Å²) in [5.41, 5.74) is 6.03. The molecule has 5 rings (SSSR count). The summed E-state index contributed by atoms with van der Waals surface area (Å²) in [4.78, 5) is 21.7. The molecular formula is C27H25N5O3. The molecule has 35 heavy (non-hydrogen) atoms. The van der Waals surface area contributed by atoms with Crippen molar-refractivity contribution in [1.29, 1.82) is 0 Å². The van der Waals surface area contributed by atoms with Crippen LogP contribution in [0.1, 0.15) is 27.2 Å². The number of aryl methyl sites for hydroxylation is 1. The van der Waals surface area contributed by atoms with Crippen molar-refractivity contribution in [2.45, 2.75) is 20.1 Å². The van der Waals surface area contributed by atoms with Gasteiger partial charge < -0.3 is 25.4 Å². The molecule has 8 nitrogen and oxygen atoms in total. The molecule has 0 saturated heterocycles. The number of amides is 1. The Kier molecular flexibility index (Phi) is 6.28. The van der Waals surface area contributed by atoms with Crippen LogP contribution in [0, 0.1) is 6.92 Å². The molecule has 1 aliphatic rings. The fraction of sp³-hybridized carbons (Fsp3) is 0.148. The lowest BCUT2D eigenvalue weighted by molar-refractivity contribution is 0.102. The van der Waals surface area contributed by atoms with E-state index in [2.05, 4.69) is 25.9 Å². The highest BCUT2D eigenvalue weighted by Gasteiger charge is 2.14. The van der Waals surface area contributed by atoms with E-state index in [9.17, 15) is 4.79 Å². The highest BCUT2D eigenvalue weighted by molar-refractivity contribution is 6.04. The smallest absolute Gasteiger partial charge is 0.255 e. The lowest BCUT2D eigenvalue weighted by atomic mass is 10.1. The standard InChI is InChI=1S/C27H25N5O3/c1-17-13-25(29-21-9-11-24(34-2)12-10-21)32-27(28-17)31-23-7-5-22(6-8-23)30-26(33)18-3-4-19-15-35-16-20(19)14-18/h3-14H,15-16H2,1-2H3,(H,30,33)(H2,28,29,31,32). The number of rotatable bonds is 7. The van der Waals surface area contributed by atoms with Crippen molar-refractivity contribution in [3.05, 3.63) is 95.2 Å². The van der Waals surface area contributed by atoms with E-state index < -0.39 is 0 Å². The van der Waals surface area contributed by atoms with Gasteiger partial charge >= 0.3 is 0 Å². The van der Waals surface area contributed by atoms with Crippen LogP contribution in [0.3, 0.4) is 0 Å². The number of nitrogens with one attached hydrogen (secondary N) is 3. The van der Waals surface area contributed by atoms with Gasteiger partial charge in [-0.2, -0.15) is 4.98 Å². The number of anilines is 5. The molecule has 2 heterocycles. The van der Waals surface area contributed by atoms with Crippen LogP contribution >= 0.6 is 0 Å². The van der Waals surface area contributed by atoms with Gasteiger partial charge in [0.2, 0.25) is 5.95 Å². The van der Waals surface area contributed by atoms with E-state index in [-0.39, 0.29) is 5.91 Å². The predicted molar refractivity (Wildman–Crippen MR) is 136 cm³/mol. The van der Waals surface area contributed by atoms with Crippen molar-refractivity contribution >= 4 is 34.7 Å². The number of aromatic nitrogens is 2. The van der Waals surface area contributed by atoms with Crippen LogP contribution in [0.15, 0.2) is 72.8 Å². The van der Waals surface area contributed by atoms with Gasteiger partial charge in [0.05, 0.1) is 20.3 Å². The second kappa shape index (κ2) is 9.82. The third-order valence-electron chi connectivity index (χ3n) is 5.60. The molecule has 1 amide bonds. The lowest BCUT2D eigenvalue weighted by Crippen LogP contribution is -2.12. The summed E-state index contributed by atoms with van der Waals surface area (Å²) in [7, 11) is 1.64. The van der Waals surface area contributed by atoms with Crippen LogP contribution in [0.25, 0.3) is 0 Å². The maximum atomic E-state index is 12.6. The molecular weight excluding hydrogens is 442 g/mol. The second-order valence-corrected chi connectivity index (χ2v) is 8.20. The van der Waals surface area contributed by atoms with Crippen molar-refractivity contribution in [3.8, 4) is 5.75 Å². The maximum absolute atomic E-state index is 12.6. The highest BCUT2D eigenvalue weighted by Crippen LogP contribution is 2.24. The van der Waals surface area contributed by atoms with Crippen LogP contribution < -0.4 is 20.7 Å². The zero-order valence-electron chi connectivity index (χ0n) is 19.5. The minimum Gasteiger partial charge on any atom is -0.497 e. The first-order valence-corrected chi connectivity index (χ1v) is 11.2. The first-order chi connectivity index (χ1) is 17.1. The normalized spacial score (nSPS) is 12.1. The summed E-state index contributed by atoms with van der Waals surface area (Å²) in [5, 5.41) is 9.44. The Morgan fingerprint density at radius 1 is 0.829 bits per heavy atom. The number of hydrogen-bond acceptors (Lipinski definition) is 7. The predicted octanol–water partition coefficient (Wildman–Crippen LogP) is 5.56. The zero-order chi connectivity index (χ0) is 24.2. The number of nitrogens with zero attached hydrogens (tertiary/aromatic N) is 2. The highest BCUT2D eigenvalue weighted by atomic mass is 16.5. The van der Waals surface area contributed by atoms with Crippen LogP contribution in [-0.2, 0) is 18.0 Å². The number of carbonyl (C=O) groups is 1. The van der Waals surface area contributed by atoms with Gasteiger partial charge in [-0.25, -0.2) is 4.98 Å².